The van der Waals surface area contributed by atoms with Crippen LogP contribution in [0.1, 0.15) is 12.0 Å². The highest BCUT2D eigenvalue weighted by atomic mass is 35.5. The van der Waals surface area contributed by atoms with Crippen molar-refractivity contribution in [3.63, 3.8) is 0 Å². The van der Waals surface area contributed by atoms with E-state index in [1.807, 2.05) is 6.07 Å². The van der Waals surface area contributed by atoms with Crippen molar-refractivity contribution < 1.29 is 18.0 Å². The van der Waals surface area contributed by atoms with Gasteiger partial charge in [0.1, 0.15) is 17.6 Å². The molecule has 0 amide bonds. The first-order valence-electron chi connectivity index (χ1n) is 7.47. The summed E-state index contributed by atoms with van der Waals surface area (Å²) in [5, 5.41) is 6.94. The van der Waals surface area contributed by atoms with Crippen molar-refractivity contribution in [2.45, 2.75) is 17.5 Å². The second-order valence-corrected chi connectivity index (χ2v) is 6.46. The van der Waals surface area contributed by atoms with Gasteiger partial charge in [-0.1, -0.05) is 16.8 Å². The van der Waals surface area contributed by atoms with Crippen molar-refractivity contribution in [1.82, 2.24) is 9.71 Å². The zero-order chi connectivity index (χ0) is 19.0. The lowest BCUT2D eigenvalue weighted by Crippen LogP contribution is -2.04. The van der Waals surface area contributed by atoms with Gasteiger partial charge < -0.3 is 10.2 Å². The van der Waals surface area contributed by atoms with Crippen LogP contribution in [0.5, 0.6) is 0 Å². The number of halogens is 4. The van der Waals surface area contributed by atoms with Gasteiger partial charge in [0.15, 0.2) is 0 Å². The highest BCUT2D eigenvalue weighted by Gasteiger charge is 2.29. The second-order valence-electron chi connectivity index (χ2n) is 4.94. The molecule has 1 aromatic heterocycles. The molecular formula is C16H16ClF3N4OS. The molecule has 0 unspecified atom stereocenters. The molecule has 1 aromatic carbocycles. The van der Waals surface area contributed by atoms with Crippen LogP contribution in [-0.4, -0.2) is 23.8 Å². The topological polar surface area (TPSA) is 58.5 Å². The molecule has 2 heterocycles. The number of oxime groups is 1. The van der Waals surface area contributed by atoms with Gasteiger partial charge in [0, 0.05) is 23.2 Å². The molecule has 5 nitrogen and oxygen atoms in total. The van der Waals surface area contributed by atoms with Crippen molar-refractivity contribution in [3.8, 4) is 0 Å². The Balaban J connectivity index is 0.000000342. The fourth-order valence-corrected chi connectivity index (χ4v) is 2.42. The quantitative estimate of drug-likeness (QED) is 0.700. The van der Waals surface area contributed by atoms with Crippen LogP contribution in [0, 0.1) is 0 Å². The van der Waals surface area contributed by atoms with E-state index in [9.17, 15) is 13.2 Å². The van der Waals surface area contributed by atoms with Crippen molar-refractivity contribution in [1.29, 1.82) is 0 Å². The number of aromatic nitrogens is 1. The Kier molecular flexibility index (Phi) is 7.55. The monoisotopic (exact) mass is 404 g/mol. The summed E-state index contributed by atoms with van der Waals surface area (Å²) in [4.78, 5) is 9.63. The van der Waals surface area contributed by atoms with Crippen LogP contribution >= 0.6 is 23.5 Å². The van der Waals surface area contributed by atoms with E-state index in [0.717, 1.165) is 23.4 Å². The van der Waals surface area contributed by atoms with Gasteiger partial charge in [0.2, 0.25) is 0 Å². The van der Waals surface area contributed by atoms with Gasteiger partial charge in [-0.3, -0.25) is 4.72 Å². The maximum absolute atomic E-state index is 12.4. The third-order valence-electron chi connectivity index (χ3n) is 3.00. The van der Waals surface area contributed by atoms with Gasteiger partial charge in [0.25, 0.3) is 0 Å². The molecule has 10 heteroatoms. The summed E-state index contributed by atoms with van der Waals surface area (Å²) in [6.45, 7) is 0.652. The molecular weight excluding hydrogens is 389 g/mol. The lowest BCUT2D eigenvalue weighted by Gasteiger charge is -2.09. The summed E-state index contributed by atoms with van der Waals surface area (Å²) in [5.41, 5.74) is -0.115. The maximum atomic E-state index is 12.4. The van der Waals surface area contributed by atoms with Crippen molar-refractivity contribution in [3.05, 3.63) is 48.2 Å². The molecule has 0 radical (unpaired) electrons. The highest BCUT2D eigenvalue weighted by Crippen LogP contribution is 2.30. The molecule has 140 valence electrons. The first-order valence-corrected chi connectivity index (χ1v) is 8.66. The van der Waals surface area contributed by atoms with Crippen LogP contribution in [0.15, 0.2) is 52.6 Å². The van der Waals surface area contributed by atoms with Gasteiger partial charge in [-0.25, -0.2) is 4.98 Å². The molecule has 3 rings (SSSR count). The van der Waals surface area contributed by atoms with Crippen LogP contribution in [0.4, 0.5) is 24.7 Å². The van der Waals surface area contributed by atoms with E-state index in [2.05, 4.69) is 25.0 Å². The summed E-state index contributed by atoms with van der Waals surface area (Å²) in [6, 6.07) is 8.45. The van der Waals surface area contributed by atoms with Crippen LogP contribution in [-0.2, 0) is 11.0 Å². The summed E-state index contributed by atoms with van der Waals surface area (Å²) in [5.74, 6) is 0.574. The number of benzene rings is 1. The summed E-state index contributed by atoms with van der Waals surface area (Å²) in [6.07, 6.45) is -1.86. The highest BCUT2D eigenvalue weighted by molar-refractivity contribution is 7.97. The van der Waals surface area contributed by atoms with Gasteiger partial charge in [-0.05, 0) is 55.4 Å². The number of alkyl halides is 3. The number of hydrogen-bond acceptors (Lipinski definition) is 6. The molecule has 1 aliphatic rings. The Hall–Kier alpha value is -1.97. The number of nitrogens with zero attached hydrogens (tertiary/aromatic N) is 2. The van der Waals surface area contributed by atoms with Crippen molar-refractivity contribution in [2.75, 3.05) is 19.0 Å². The van der Waals surface area contributed by atoms with Gasteiger partial charge in [-0.2, -0.15) is 13.2 Å². The molecule has 2 aromatic rings. The molecule has 2 N–H and O–H groups in total. The van der Waals surface area contributed by atoms with E-state index < -0.39 is 11.7 Å². The second kappa shape index (κ2) is 9.65. The smallest absolute Gasteiger partial charge is 0.394 e. The molecule has 0 aliphatic carbocycles. The van der Waals surface area contributed by atoms with E-state index in [0.29, 0.717) is 23.3 Å². The Morgan fingerprint density at radius 1 is 1.15 bits per heavy atom. The first-order chi connectivity index (χ1) is 12.4. The van der Waals surface area contributed by atoms with Gasteiger partial charge in [-0.15, -0.1) is 0 Å². The molecule has 0 saturated carbocycles. The Morgan fingerprint density at radius 3 is 2.31 bits per heavy atom. The molecule has 1 aliphatic heterocycles. The summed E-state index contributed by atoms with van der Waals surface area (Å²) >= 11 is 6.77. The van der Waals surface area contributed by atoms with Crippen LogP contribution in [0.3, 0.4) is 0 Å². The number of rotatable bonds is 4. The molecule has 26 heavy (non-hydrogen) atoms. The first kappa shape index (κ1) is 20.3. The van der Waals surface area contributed by atoms with E-state index >= 15 is 0 Å². The number of pyridine rings is 1. The van der Waals surface area contributed by atoms with E-state index in [4.69, 9.17) is 11.6 Å². The summed E-state index contributed by atoms with van der Waals surface area (Å²) < 4.78 is 40.2. The van der Waals surface area contributed by atoms with Crippen LogP contribution in [0.25, 0.3) is 0 Å². The van der Waals surface area contributed by atoms with E-state index in [1.165, 1.54) is 24.1 Å². The fourth-order valence-electron chi connectivity index (χ4n) is 1.81. The summed E-state index contributed by atoms with van der Waals surface area (Å²) in [7, 11) is 1.80. The van der Waals surface area contributed by atoms with Gasteiger partial charge >= 0.3 is 6.18 Å². The van der Waals surface area contributed by atoms with Gasteiger partial charge in [0.05, 0.1) is 5.56 Å². The molecule has 0 spiro atoms. The molecule has 0 atom stereocenters. The van der Waals surface area contributed by atoms with Crippen LogP contribution < -0.4 is 10.0 Å². The Morgan fingerprint density at radius 2 is 1.88 bits per heavy atom. The number of hydrogen-bond donors (Lipinski definition) is 2. The predicted molar refractivity (Wildman–Crippen MR) is 97.7 cm³/mol. The van der Waals surface area contributed by atoms with Crippen molar-refractivity contribution in [2.24, 2.45) is 5.16 Å². The maximum Gasteiger partial charge on any atom is 0.416 e. The average molecular weight is 405 g/mol. The standard InChI is InChI=1S/C13H12F3N3S.C3H4ClNO/c1-17-20-11-6-7-12(18-8-11)19-10-4-2-9(3-5-10)13(14,15)16;4-3-1-2-6-5-3/h2-8,17H,1H3,(H,18,19);1-2H2. The minimum atomic E-state index is -4.32. The minimum absolute atomic E-state index is 0.555. The van der Waals surface area contributed by atoms with E-state index in [-0.39, 0.29) is 0 Å². The Bertz CT molecular complexity index is 724. The SMILES string of the molecule is CNSc1ccc(Nc2ccc(C(F)(F)F)cc2)nc1.ClC1=NOCC1. The third-order valence-corrected chi connectivity index (χ3v) is 3.94. The zero-order valence-electron chi connectivity index (χ0n) is 13.7. The normalized spacial score (nSPS) is 13.3. The molecule has 0 saturated heterocycles. The largest absolute Gasteiger partial charge is 0.416 e. The molecule has 0 fully saturated rings. The third kappa shape index (κ3) is 6.74. The number of nitrogens with one attached hydrogen (secondary N) is 2. The van der Waals surface area contributed by atoms with E-state index in [1.54, 1.807) is 19.3 Å². The fraction of sp³-hybridized carbons (Fsp3) is 0.250. The van der Waals surface area contributed by atoms with Crippen molar-refractivity contribution >= 4 is 40.2 Å². The lowest BCUT2D eigenvalue weighted by molar-refractivity contribution is -0.137. The average Bonchev–Trinajstić information content (AvgIpc) is 3.08. The predicted octanol–water partition coefficient (Wildman–Crippen LogP) is 5.03. The minimum Gasteiger partial charge on any atom is -0.394 e. The van der Waals surface area contributed by atoms with Crippen LogP contribution in [0.2, 0.25) is 0 Å². The Labute approximate surface area is 158 Å². The zero-order valence-corrected chi connectivity index (χ0v) is 15.3. The molecule has 0 bridgehead atoms. The number of anilines is 2. The lowest BCUT2D eigenvalue weighted by atomic mass is 10.2.